The first-order valence-corrected chi connectivity index (χ1v) is 6.01. The van der Waals surface area contributed by atoms with E-state index >= 15 is 0 Å². The van der Waals surface area contributed by atoms with E-state index in [0.29, 0.717) is 0 Å². The van der Waals surface area contributed by atoms with Gasteiger partial charge in [-0.2, -0.15) is 8.42 Å². The number of alkyl halides is 2. The summed E-state index contributed by atoms with van der Waals surface area (Å²) in [6, 6.07) is 5.77. The topological polar surface area (TPSA) is 63.6 Å². The molecule has 0 atom stereocenters. The molecule has 0 amide bonds. The van der Waals surface area contributed by atoms with Gasteiger partial charge in [0.05, 0.1) is 4.90 Å². The third kappa shape index (κ3) is 2.79. The molecule has 0 saturated carbocycles. The highest BCUT2D eigenvalue weighted by Crippen LogP contribution is 2.30. The maximum atomic E-state index is 11.4. The Bertz CT molecular complexity index is 506. The second-order valence-electron chi connectivity index (χ2n) is 2.50. The molecule has 0 aliphatic carbocycles. The highest BCUT2D eigenvalue weighted by atomic mass is 35.5. The van der Waals surface area contributed by atoms with E-state index in [0.717, 1.165) is 6.08 Å². The van der Waals surface area contributed by atoms with E-state index in [1.54, 1.807) is 6.07 Å². The molecule has 0 aliphatic heterocycles. The summed E-state index contributed by atoms with van der Waals surface area (Å²) in [5.74, 6) is 0. The van der Waals surface area contributed by atoms with Crippen molar-refractivity contribution < 1.29 is 13.2 Å². The second kappa shape index (κ2) is 4.77. The monoisotopic (exact) mass is 265 g/mol. The summed E-state index contributed by atoms with van der Waals surface area (Å²) >= 11 is 11.2. The molecule has 1 aromatic rings. The minimum atomic E-state index is -4.05. The number of carbonyl (C=O) groups excluding carboxylic acids is 1. The second-order valence-corrected chi connectivity index (χ2v) is 5.16. The van der Waals surface area contributed by atoms with E-state index in [2.05, 4.69) is 4.40 Å². The zero-order valence-corrected chi connectivity index (χ0v) is 9.55. The van der Waals surface area contributed by atoms with Crippen molar-refractivity contribution in [2.75, 3.05) is 0 Å². The van der Waals surface area contributed by atoms with Crippen molar-refractivity contribution in [3.05, 3.63) is 29.8 Å². The number of isocyanates is 1. The van der Waals surface area contributed by atoms with Gasteiger partial charge in [-0.15, -0.1) is 23.2 Å². The Kier molecular flexibility index (Phi) is 3.88. The summed E-state index contributed by atoms with van der Waals surface area (Å²) in [6.45, 7) is 0. The molecule has 0 radical (unpaired) electrons. The van der Waals surface area contributed by atoms with Gasteiger partial charge < -0.3 is 0 Å². The molecule has 0 N–H and O–H groups in total. The number of hydrogen-bond acceptors (Lipinski definition) is 3. The molecule has 0 saturated heterocycles. The largest absolute Gasteiger partial charge is 0.293 e. The van der Waals surface area contributed by atoms with Crippen LogP contribution in [0.3, 0.4) is 0 Å². The quantitative estimate of drug-likeness (QED) is 0.478. The Morgan fingerprint density at radius 3 is 2.40 bits per heavy atom. The van der Waals surface area contributed by atoms with Gasteiger partial charge in [0.25, 0.3) is 16.1 Å². The SMILES string of the molecule is O=C=NS(=O)(=O)c1ccccc1C(Cl)Cl. The lowest BCUT2D eigenvalue weighted by atomic mass is 10.2. The number of halogens is 2. The van der Waals surface area contributed by atoms with Crippen molar-refractivity contribution in [2.24, 2.45) is 4.40 Å². The van der Waals surface area contributed by atoms with Crippen LogP contribution in [0.25, 0.3) is 0 Å². The third-order valence-corrected chi connectivity index (χ3v) is 3.30. The molecule has 7 heteroatoms. The maximum Gasteiger partial charge on any atom is 0.293 e. The van der Waals surface area contributed by atoms with Crippen LogP contribution in [0, 0.1) is 0 Å². The van der Waals surface area contributed by atoms with Crippen LogP contribution >= 0.6 is 23.2 Å². The van der Waals surface area contributed by atoms with E-state index in [-0.39, 0.29) is 10.5 Å². The lowest BCUT2D eigenvalue weighted by Crippen LogP contribution is -2.01. The minimum Gasteiger partial charge on any atom is -0.210 e. The van der Waals surface area contributed by atoms with Crippen LogP contribution in [0.15, 0.2) is 33.6 Å². The average molecular weight is 266 g/mol. The zero-order chi connectivity index (χ0) is 11.5. The first kappa shape index (κ1) is 12.2. The number of sulfonamides is 1. The van der Waals surface area contributed by atoms with Gasteiger partial charge >= 0.3 is 0 Å². The highest BCUT2D eigenvalue weighted by molar-refractivity contribution is 7.90. The van der Waals surface area contributed by atoms with Crippen LogP contribution in [0.5, 0.6) is 0 Å². The Labute approximate surface area is 96.6 Å². The van der Waals surface area contributed by atoms with Crippen molar-refractivity contribution >= 4 is 39.3 Å². The number of benzene rings is 1. The molecular formula is C8H5Cl2NO3S. The Balaban J connectivity index is 3.44. The van der Waals surface area contributed by atoms with Crippen molar-refractivity contribution in [1.29, 1.82) is 0 Å². The van der Waals surface area contributed by atoms with Crippen LogP contribution in [-0.4, -0.2) is 14.5 Å². The number of nitrogens with zero attached hydrogens (tertiary/aromatic N) is 1. The molecule has 80 valence electrons. The molecule has 4 nitrogen and oxygen atoms in total. The molecule has 0 unspecified atom stereocenters. The summed E-state index contributed by atoms with van der Waals surface area (Å²) in [7, 11) is -4.05. The van der Waals surface area contributed by atoms with Gasteiger partial charge in [-0.1, -0.05) is 22.6 Å². The van der Waals surface area contributed by atoms with Gasteiger partial charge in [-0.25, -0.2) is 4.79 Å². The normalized spacial score (nSPS) is 11.1. The molecule has 1 aromatic carbocycles. The summed E-state index contributed by atoms with van der Waals surface area (Å²) in [6.07, 6.45) is 0.973. The predicted molar refractivity (Wildman–Crippen MR) is 56.2 cm³/mol. The van der Waals surface area contributed by atoms with Gasteiger partial charge in [0.2, 0.25) is 0 Å². The van der Waals surface area contributed by atoms with Gasteiger partial charge in [0.15, 0.2) is 0 Å². The molecule has 1 rings (SSSR count). The predicted octanol–water partition coefficient (Wildman–Crippen LogP) is 2.19. The molecule has 0 fully saturated rings. The first-order chi connectivity index (χ1) is 6.99. The molecule has 0 bridgehead atoms. The van der Waals surface area contributed by atoms with Crippen molar-refractivity contribution in [2.45, 2.75) is 9.73 Å². The van der Waals surface area contributed by atoms with E-state index in [4.69, 9.17) is 23.2 Å². The van der Waals surface area contributed by atoms with Crippen LogP contribution in [-0.2, 0) is 14.8 Å². The summed E-state index contributed by atoms with van der Waals surface area (Å²) in [4.78, 5) is 8.74. The van der Waals surface area contributed by atoms with Gasteiger partial charge in [-0.05, 0) is 6.07 Å². The fraction of sp³-hybridized carbons (Fsp3) is 0.125. The summed E-state index contributed by atoms with van der Waals surface area (Å²) in [5.41, 5.74) is 0.180. The average Bonchev–Trinajstić information content (AvgIpc) is 2.17. The van der Waals surface area contributed by atoms with Crippen LogP contribution < -0.4 is 0 Å². The maximum absolute atomic E-state index is 11.4. The number of hydrogen-bond donors (Lipinski definition) is 0. The lowest BCUT2D eigenvalue weighted by Gasteiger charge is -2.06. The van der Waals surface area contributed by atoms with E-state index in [9.17, 15) is 13.2 Å². The molecule has 0 spiro atoms. The van der Waals surface area contributed by atoms with Gasteiger partial charge in [0.1, 0.15) is 4.84 Å². The minimum absolute atomic E-state index is 0.180. The van der Waals surface area contributed by atoms with Crippen molar-refractivity contribution in [1.82, 2.24) is 0 Å². The fourth-order valence-corrected chi connectivity index (χ4v) is 2.43. The van der Waals surface area contributed by atoms with E-state index in [1.807, 2.05) is 0 Å². The molecule has 0 aliphatic rings. The zero-order valence-electron chi connectivity index (χ0n) is 7.22. The van der Waals surface area contributed by atoms with Crippen LogP contribution in [0.4, 0.5) is 0 Å². The third-order valence-electron chi connectivity index (χ3n) is 1.59. The first-order valence-electron chi connectivity index (χ1n) is 3.70. The molecule has 15 heavy (non-hydrogen) atoms. The Morgan fingerprint density at radius 1 is 1.27 bits per heavy atom. The van der Waals surface area contributed by atoms with Crippen LogP contribution in [0.1, 0.15) is 10.4 Å². The fourth-order valence-electron chi connectivity index (χ4n) is 0.994. The van der Waals surface area contributed by atoms with Crippen LogP contribution in [0.2, 0.25) is 0 Å². The van der Waals surface area contributed by atoms with Crippen molar-refractivity contribution in [3.63, 3.8) is 0 Å². The molecule has 0 aromatic heterocycles. The van der Waals surface area contributed by atoms with Gasteiger partial charge in [-0.3, -0.25) is 0 Å². The molecule has 0 heterocycles. The summed E-state index contributed by atoms with van der Waals surface area (Å²) < 4.78 is 25.5. The standard InChI is InChI=1S/C8H5Cl2NO3S/c9-8(10)6-3-1-2-4-7(6)15(13,14)11-5-12/h1-4,8H. The Morgan fingerprint density at radius 2 is 1.87 bits per heavy atom. The van der Waals surface area contributed by atoms with Gasteiger partial charge in [0, 0.05) is 5.56 Å². The highest BCUT2D eigenvalue weighted by Gasteiger charge is 2.20. The summed E-state index contributed by atoms with van der Waals surface area (Å²) in [5, 5.41) is 0. The van der Waals surface area contributed by atoms with E-state index in [1.165, 1.54) is 18.2 Å². The number of rotatable bonds is 3. The smallest absolute Gasteiger partial charge is 0.210 e. The van der Waals surface area contributed by atoms with E-state index < -0.39 is 14.9 Å². The Hall–Kier alpha value is -0.870. The lowest BCUT2D eigenvalue weighted by molar-refractivity contribution is 0.563. The van der Waals surface area contributed by atoms with Crippen molar-refractivity contribution in [3.8, 4) is 0 Å². The molecular weight excluding hydrogens is 261 g/mol.